The summed E-state index contributed by atoms with van der Waals surface area (Å²) in [6.07, 6.45) is 1.38. The Hall–Kier alpha value is -1.72. The Morgan fingerprint density at radius 2 is 1.85 bits per heavy atom. The third-order valence-electron chi connectivity index (χ3n) is 3.79. The third kappa shape index (κ3) is 3.99. The lowest BCUT2D eigenvalue weighted by atomic mass is 10.1. The fraction of sp³-hybridized carbons (Fsp3) is 0.474. The molecule has 1 aromatic carbocycles. The van der Waals surface area contributed by atoms with Crippen LogP contribution in [0.4, 0.5) is 4.79 Å². The minimum atomic E-state index is -0.535. The first-order valence-corrected chi connectivity index (χ1v) is 9.27. The molecule has 0 unspecified atom stereocenters. The van der Waals surface area contributed by atoms with Crippen LogP contribution in [0.25, 0.3) is 10.9 Å². The molecule has 2 aromatic rings. The van der Waals surface area contributed by atoms with Crippen LogP contribution in [0.2, 0.25) is 10.0 Å². The second kappa shape index (κ2) is 7.89. The van der Waals surface area contributed by atoms with Crippen molar-refractivity contribution >= 4 is 40.2 Å². The number of halogens is 2. The molecule has 26 heavy (non-hydrogen) atoms. The lowest BCUT2D eigenvalue weighted by Crippen LogP contribution is -2.33. The molecule has 0 radical (unpaired) electrons. The summed E-state index contributed by atoms with van der Waals surface area (Å²) >= 11 is 12.5. The number of ether oxygens (including phenoxy) is 2. The number of nitrogens with zero attached hydrogens (tertiary/aromatic N) is 2. The van der Waals surface area contributed by atoms with Crippen LogP contribution < -0.4 is 4.74 Å². The van der Waals surface area contributed by atoms with Crippen LogP contribution in [0.3, 0.4) is 0 Å². The third-order valence-corrected chi connectivity index (χ3v) is 4.63. The summed E-state index contributed by atoms with van der Waals surface area (Å²) in [6.45, 7) is 10.4. The van der Waals surface area contributed by atoms with Gasteiger partial charge >= 0.3 is 6.09 Å². The number of carbonyl (C=O) groups is 1. The largest absolute Gasteiger partial charge is 0.495 e. The molecule has 0 aliphatic carbocycles. The first-order valence-electron chi connectivity index (χ1n) is 8.51. The van der Waals surface area contributed by atoms with Crippen molar-refractivity contribution in [3.8, 4) is 5.75 Å². The van der Waals surface area contributed by atoms with Crippen molar-refractivity contribution in [3.63, 3.8) is 0 Å². The van der Waals surface area contributed by atoms with Crippen LogP contribution >= 0.6 is 23.2 Å². The van der Waals surface area contributed by atoms with E-state index in [1.54, 1.807) is 11.1 Å². The summed E-state index contributed by atoms with van der Waals surface area (Å²) < 4.78 is 10.7. The zero-order chi connectivity index (χ0) is 19.6. The Labute approximate surface area is 164 Å². The fourth-order valence-corrected chi connectivity index (χ4v) is 3.19. The molecule has 0 N–H and O–H groups in total. The number of amides is 1. The fourth-order valence-electron chi connectivity index (χ4n) is 2.72. The van der Waals surface area contributed by atoms with Gasteiger partial charge in [-0.15, -0.1) is 0 Å². The standard InChI is InChI=1S/C17H18Cl2N2O3.C2H6/c1-17(2,3)24-16(22)21-7-9-6-20-15-10(11(9)8-21)5-12(23-4)13(18)14(15)19;1-2/h5-6H,7-8H2,1-4H3;1-2H3. The summed E-state index contributed by atoms with van der Waals surface area (Å²) in [5, 5.41) is 1.52. The molecular weight excluding hydrogens is 375 g/mol. The predicted octanol–water partition coefficient (Wildman–Crippen LogP) is 5.83. The van der Waals surface area contributed by atoms with Crippen molar-refractivity contribution in [2.24, 2.45) is 0 Å². The maximum atomic E-state index is 12.3. The first kappa shape index (κ1) is 20.6. The SMILES string of the molecule is CC.COc1cc2c3c(cnc2c(Cl)c1Cl)CN(C(=O)OC(C)(C)C)C3. The Bertz CT molecular complexity index is 832. The van der Waals surface area contributed by atoms with Gasteiger partial charge in [-0.05, 0) is 38.0 Å². The van der Waals surface area contributed by atoms with Gasteiger partial charge in [0.1, 0.15) is 16.4 Å². The highest BCUT2D eigenvalue weighted by Crippen LogP contribution is 2.41. The van der Waals surface area contributed by atoms with Crippen LogP contribution in [-0.2, 0) is 17.8 Å². The molecule has 2 heterocycles. The van der Waals surface area contributed by atoms with E-state index in [0.717, 1.165) is 16.5 Å². The van der Waals surface area contributed by atoms with Crippen LogP contribution in [0.5, 0.6) is 5.75 Å². The Kier molecular flexibility index (Phi) is 6.25. The van der Waals surface area contributed by atoms with Gasteiger partial charge in [0.2, 0.25) is 0 Å². The van der Waals surface area contributed by atoms with E-state index < -0.39 is 5.60 Å². The van der Waals surface area contributed by atoms with Gasteiger partial charge in [0.25, 0.3) is 0 Å². The molecule has 0 atom stereocenters. The van der Waals surface area contributed by atoms with Crippen molar-refractivity contribution in [2.45, 2.75) is 53.3 Å². The zero-order valence-corrected chi connectivity index (χ0v) is 17.5. The van der Waals surface area contributed by atoms with E-state index in [9.17, 15) is 4.79 Å². The van der Waals surface area contributed by atoms with Crippen molar-refractivity contribution in [1.29, 1.82) is 0 Å². The smallest absolute Gasteiger partial charge is 0.410 e. The monoisotopic (exact) mass is 398 g/mol. The second-order valence-corrected chi connectivity index (χ2v) is 7.46. The molecule has 0 saturated carbocycles. The average Bonchev–Trinajstić information content (AvgIpc) is 3.03. The number of carbonyl (C=O) groups excluding carboxylic acids is 1. The highest BCUT2D eigenvalue weighted by molar-refractivity contribution is 6.46. The highest BCUT2D eigenvalue weighted by Gasteiger charge is 2.30. The lowest BCUT2D eigenvalue weighted by Gasteiger charge is -2.24. The summed E-state index contributed by atoms with van der Waals surface area (Å²) in [5.41, 5.74) is 2.02. The molecule has 7 heteroatoms. The summed E-state index contributed by atoms with van der Waals surface area (Å²) in [5.74, 6) is 0.486. The predicted molar refractivity (Wildman–Crippen MR) is 105 cm³/mol. The second-order valence-electron chi connectivity index (χ2n) is 6.70. The average molecular weight is 399 g/mol. The molecule has 3 rings (SSSR count). The van der Waals surface area contributed by atoms with E-state index in [2.05, 4.69) is 4.98 Å². The number of benzene rings is 1. The van der Waals surface area contributed by atoms with Gasteiger partial charge in [0.15, 0.2) is 0 Å². The van der Waals surface area contributed by atoms with Gasteiger partial charge in [0, 0.05) is 11.6 Å². The number of methoxy groups -OCH3 is 1. The van der Waals surface area contributed by atoms with E-state index in [1.165, 1.54) is 7.11 Å². The van der Waals surface area contributed by atoms with Crippen LogP contribution in [-0.4, -0.2) is 28.7 Å². The van der Waals surface area contributed by atoms with Gasteiger partial charge in [-0.3, -0.25) is 9.88 Å². The summed E-state index contributed by atoms with van der Waals surface area (Å²) in [7, 11) is 1.53. The molecule has 1 amide bonds. The van der Waals surface area contributed by atoms with Gasteiger partial charge in [-0.2, -0.15) is 0 Å². The van der Waals surface area contributed by atoms with Crippen LogP contribution in [0, 0.1) is 0 Å². The maximum Gasteiger partial charge on any atom is 0.410 e. The minimum absolute atomic E-state index is 0.334. The summed E-state index contributed by atoms with van der Waals surface area (Å²) in [4.78, 5) is 18.4. The Morgan fingerprint density at radius 3 is 2.42 bits per heavy atom. The topological polar surface area (TPSA) is 51.7 Å². The van der Waals surface area contributed by atoms with Crippen LogP contribution in [0.1, 0.15) is 45.7 Å². The number of hydrogen-bond acceptors (Lipinski definition) is 4. The maximum absolute atomic E-state index is 12.3. The molecule has 5 nitrogen and oxygen atoms in total. The number of rotatable bonds is 1. The lowest BCUT2D eigenvalue weighted by molar-refractivity contribution is 0.0242. The first-order chi connectivity index (χ1) is 12.2. The number of fused-ring (bicyclic) bond motifs is 3. The molecule has 0 fully saturated rings. The van der Waals surface area contributed by atoms with E-state index >= 15 is 0 Å². The van der Waals surface area contributed by atoms with Crippen molar-refractivity contribution in [2.75, 3.05) is 7.11 Å². The zero-order valence-electron chi connectivity index (χ0n) is 15.9. The van der Waals surface area contributed by atoms with Crippen molar-refractivity contribution in [1.82, 2.24) is 9.88 Å². The van der Waals surface area contributed by atoms with Crippen molar-refractivity contribution in [3.05, 3.63) is 33.4 Å². The quantitative estimate of drug-likeness (QED) is 0.606. The van der Waals surface area contributed by atoms with Gasteiger partial charge < -0.3 is 9.47 Å². The minimum Gasteiger partial charge on any atom is -0.495 e. The van der Waals surface area contributed by atoms with E-state index in [4.69, 9.17) is 32.7 Å². The molecular formula is C19H24Cl2N2O3. The van der Waals surface area contributed by atoms with Gasteiger partial charge in [0.05, 0.1) is 30.7 Å². The van der Waals surface area contributed by atoms with E-state index in [0.29, 0.717) is 34.4 Å². The molecule has 1 aliphatic heterocycles. The highest BCUT2D eigenvalue weighted by atomic mass is 35.5. The molecule has 0 bridgehead atoms. The number of hydrogen-bond donors (Lipinski definition) is 0. The van der Waals surface area contributed by atoms with Gasteiger partial charge in [-0.25, -0.2) is 4.79 Å². The molecule has 0 spiro atoms. The van der Waals surface area contributed by atoms with Crippen LogP contribution in [0.15, 0.2) is 12.3 Å². The summed E-state index contributed by atoms with van der Waals surface area (Å²) in [6, 6.07) is 1.81. The Balaban J connectivity index is 0.00000117. The van der Waals surface area contributed by atoms with Gasteiger partial charge in [-0.1, -0.05) is 37.0 Å². The molecule has 142 valence electrons. The van der Waals surface area contributed by atoms with E-state index in [1.807, 2.05) is 40.7 Å². The Morgan fingerprint density at radius 1 is 1.19 bits per heavy atom. The van der Waals surface area contributed by atoms with E-state index in [-0.39, 0.29) is 6.09 Å². The number of pyridine rings is 1. The normalized spacial score (nSPS) is 13.2. The molecule has 1 aliphatic rings. The van der Waals surface area contributed by atoms with Crippen molar-refractivity contribution < 1.29 is 14.3 Å². The molecule has 0 saturated heterocycles. The molecule has 1 aromatic heterocycles. The number of aromatic nitrogens is 1.